The van der Waals surface area contributed by atoms with E-state index in [2.05, 4.69) is 15.3 Å². The first-order chi connectivity index (χ1) is 16.1. The predicted molar refractivity (Wildman–Crippen MR) is 126 cm³/mol. The quantitative estimate of drug-likeness (QED) is 0.396. The number of benzene rings is 2. The molecule has 8 nitrogen and oxygen atoms in total. The number of ether oxygens (including phenoxy) is 3. The lowest BCUT2D eigenvalue weighted by atomic mass is 10.1. The van der Waals surface area contributed by atoms with Crippen molar-refractivity contribution in [2.24, 2.45) is 0 Å². The molecule has 0 bridgehead atoms. The van der Waals surface area contributed by atoms with Crippen molar-refractivity contribution in [2.75, 3.05) is 25.1 Å². The molecule has 0 spiro atoms. The Bertz CT molecular complexity index is 1190. The molecule has 0 saturated heterocycles. The number of nitrogens with one attached hydrogen (secondary N) is 1. The van der Waals surface area contributed by atoms with Gasteiger partial charge in [0.15, 0.2) is 11.5 Å². The van der Waals surface area contributed by atoms with E-state index in [4.69, 9.17) is 14.2 Å². The number of aromatic nitrogens is 3. The number of hydrogen-bond acceptors (Lipinski definition) is 6. The van der Waals surface area contributed by atoms with Crippen LogP contribution in [-0.2, 0) is 0 Å². The minimum absolute atomic E-state index is 0.273. The van der Waals surface area contributed by atoms with E-state index < -0.39 is 0 Å². The third-order valence-corrected chi connectivity index (χ3v) is 4.85. The molecule has 2 aromatic heterocycles. The SMILES string of the molecule is CCOc1cc(C(=O)Nc2ccc(-c3cn4cccnc4n3)cc2)cc(OCC)c1OCC. The number of amides is 1. The molecule has 0 aliphatic heterocycles. The number of carbonyl (C=O) groups excluding carboxylic acids is 1. The molecule has 0 saturated carbocycles. The predicted octanol–water partition coefficient (Wildman–Crippen LogP) is 4.84. The Balaban J connectivity index is 1.56. The molecule has 0 aliphatic rings. The van der Waals surface area contributed by atoms with Gasteiger partial charge in [-0.25, -0.2) is 9.97 Å². The first kappa shape index (κ1) is 22.1. The highest BCUT2D eigenvalue weighted by atomic mass is 16.5. The largest absolute Gasteiger partial charge is 0.490 e. The Morgan fingerprint density at radius 3 is 2.24 bits per heavy atom. The first-order valence-corrected chi connectivity index (χ1v) is 10.9. The molecular formula is C25H26N4O4. The molecule has 4 aromatic rings. The molecule has 0 atom stereocenters. The zero-order chi connectivity index (χ0) is 23.2. The molecule has 2 heterocycles. The summed E-state index contributed by atoms with van der Waals surface area (Å²) in [5, 5.41) is 2.92. The number of rotatable bonds is 9. The van der Waals surface area contributed by atoms with Crippen LogP contribution >= 0.6 is 0 Å². The number of nitrogens with zero attached hydrogens (tertiary/aromatic N) is 3. The average Bonchev–Trinajstić information content (AvgIpc) is 3.26. The minimum atomic E-state index is -0.273. The van der Waals surface area contributed by atoms with E-state index in [1.165, 1.54) is 0 Å². The lowest BCUT2D eigenvalue weighted by Gasteiger charge is -2.17. The van der Waals surface area contributed by atoms with Crippen LogP contribution in [-0.4, -0.2) is 40.1 Å². The molecule has 0 aliphatic carbocycles. The summed E-state index contributed by atoms with van der Waals surface area (Å²) in [6, 6.07) is 12.7. The second-order valence-electron chi connectivity index (χ2n) is 7.09. The van der Waals surface area contributed by atoms with Crippen molar-refractivity contribution in [3.8, 4) is 28.5 Å². The number of carbonyl (C=O) groups is 1. The van der Waals surface area contributed by atoms with E-state index in [0.29, 0.717) is 54.1 Å². The Morgan fingerprint density at radius 2 is 1.64 bits per heavy atom. The summed E-state index contributed by atoms with van der Waals surface area (Å²) in [6.07, 6.45) is 5.53. The Morgan fingerprint density at radius 1 is 0.970 bits per heavy atom. The third kappa shape index (κ3) is 4.90. The van der Waals surface area contributed by atoms with Crippen LogP contribution in [0.25, 0.3) is 17.0 Å². The van der Waals surface area contributed by atoms with E-state index in [0.717, 1.165) is 11.3 Å². The van der Waals surface area contributed by atoms with Gasteiger partial charge < -0.3 is 19.5 Å². The van der Waals surface area contributed by atoms with Gasteiger partial charge in [-0.15, -0.1) is 0 Å². The van der Waals surface area contributed by atoms with Gasteiger partial charge in [-0.3, -0.25) is 9.20 Å². The molecule has 33 heavy (non-hydrogen) atoms. The summed E-state index contributed by atoms with van der Waals surface area (Å²) in [7, 11) is 0. The zero-order valence-electron chi connectivity index (χ0n) is 18.9. The van der Waals surface area contributed by atoms with Crippen LogP contribution in [0.3, 0.4) is 0 Å². The van der Waals surface area contributed by atoms with Gasteiger partial charge in [0.25, 0.3) is 5.91 Å². The second kappa shape index (κ2) is 10.0. The molecule has 0 fully saturated rings. The molecule has 1 N–H and O–H groups in total. The standard InChI is InChI=1S/C25H26N4O4/c1-4-31-21-14-18(15-22(32-5-2)23(21)33-6-3)24(30)27-19-10-8-17(9-11-19)20-16-29-13-7-12-26-25(29)28-20/h7-16H,4-6H2,1-3H3,(H,27,30). The Kier molecular flexibility index (Phi) is 6.73. The summed E-state index contributed by atoms with van der Waals surface area (Å²) in [6.45, 7) is 6.99. The van der Waals surface area contributed by atoms with Gasteiger partial charge in [-0.2, -0.15) is 0 Å². The van der Waals surface area contributed by atoms with Gasteiger partial charge in [0.2, 0.25) is 11.5 Å². The molecular weight excluding hydrogens is 420 g/mol. The Labute approximate surface area is 192 Å². The van der Waals surface area contributed by atoms with Crippen LogP contribution in [0.5, 0.6) is 17.2 Å². The molecule has 8 heteroatoms. The van der Waals surface area contributed by atoms with Crippen LogP contribution < -0.4 is 19.5 Å². The first-order valence-electron chi connectivity index (χ1n) is 10.9. The molecule has 2 aromatic carbocycles. The second-order valence-corrected chi connectivity index (χ2v) is 7.09. The summed E-state index contributed by atoms with van der Waals surface area (Å²) >= 11 is 0. The van der Waals surface area contributed by atoms with Gasteiger partial charge in [0.1, 0.15) is 0 Å². The highest BCUT2D eigenvalue weighted by Crippen LogP contribution is 2.39. The fourth-order valence-electron chi connectivity index (χ4n) is 3.42. The van der Waals surface area contributed by atoms with E-state index in [1.807, 2.05) is 67.9 Å². The number of anilines is 1. The lowest BCUT2D eigenvalue weighted by Crippen LogP contribution is -2.13. The monoisotopic (exact) mass is 446 g/mol. The molecule has 1 amide bonds. The van der Waals surface area contributed by atoms with E-state index in [-0.39, 0.29) is 5.91 Å². The fourth-order valence-corrected chi connectivity index (χ4v) is 3.42. The molecule has 0 radical (unpaired) electrons. The topological polar surface area (TPSA) is 87.0 Å². The van der Waals surface area contributed by atoms with E-state index >= 15 is 0 Å². The number of fused-ring (bicyclic) bond motifs is 1. The highest BCUT2D eigenvalue weighted by molar-refractivity contribution is 6.05. The number of imidazole rings is 1. The average molecular weight is 447 g/mol. The van der Waals surface area contributed by atoms with Gasteiger partial charge in [0, 0.05) is 35.4 Å². The lowest BCUT2D eigenvalue weighted by molar-refractivity contribution is 0.102. The van der Waals surface area contributed by atoms with Gasteiger partial charge in [-0.1, -0.05) is 12.1 Å². The van der Waals surface area contributed by atoms with Crippen molar-refractivity contribution in [3.63, 3.8) is 0 Å². The van der Waals surface area contributed by atoms with Gasteiger partial charge in [0.05, 0.1) is 25.5 Å². The van der Waals surface area contributed by atoms with Crippen LogP contribution in [0.1, 0.15) is 31.1 Å². The van der Waals surface area contributed by atoms with Gasteiger partial charge in [-0.05, 0) is 51.1 Å². The minimum Gasteiger partial charge on any atom is -0.490 e. The van der Waals surface area contributed by atoms with Crippen LogP contribution in [0.2, 0.25) is 0 Å². The van der Waals surface area contributed by atoms with E-state index in [9.17, 15) is 4.79 Å². The van der Waals surface area contributed by atoms with Crippen molar-refractivity contribution in [1.29, 1.82) is 0 Å². The maximum atomic E-state index is 13.0. The molecule has 170 valence electrons. The molecule has 0 unspecified atom stereocenters. The number of hydrogen-bond donors (Lipinski definition) is 1. The van der Waals surface area contributed by atoms with Crippen LogP contribution in [0.15, 0.2) is 61.1 Å². The Hall–Kier alpha value is -4.07. The highest BCUT2D eigenvalue weighted by Gasteiger charge is 2.18. The molecule has 4 rings (SSSR count). The summed E-state index contributed by atoms with van der Waals surface area (Å²) < 4.78 is 19.0. The normalized spacial score (nSPS) is 10.8. The maximum absolute atomic E-state index is 13.0. The van der Waals surface area contributed by atoms with Crippen molar-refractivity contribution in [3.05, 3.63) is 66.6 Å². The smallest absolute Gasteiger partial charge is 0.255 e. The van der Waals surface area contributed by atoms with Crippen LogP contribution in [0.4, 0.5) is 5.69 Å². The maximum Gasteiger partial charge on any atom is 0.255 e. The summed E-state index contributed by atoms with van der Waals surface area (Å²) in [5.41, 5.74) is 2.81. The van der Waals surface area contributed by atoms with Gasteiger partial charge >= 0.3 is 0 Å². The van der Waals surface area contributed by atoms with E-state index in [1.54, 1.807) is 18.3 Å². The van der Waals surface area contributed by atoms with Crippen molar-refractivity contribution in [1.82, 2.24) is 14.4 Å². The van der Waals surface area contributed by atoms with Crippen LogP contribution in [0, 0.1) is 0 Å². The van der Waals surface area contributed by atoms with Crippen molar-refractivity contribution >= 4 is 17.4 Å². The zero-order valence-corrected chi connectivity index (χ0v) is 18.9. The summed E-state index contributed by atoms with van der Waals surface area (Å²) in [5.74, 6) is 1.82. The van der Waals surface area contributed by atoms with Crippen molar-refractivity contribution < 1.29 is 19.0 Å². The summed E-state index contributed by atoms with van der Waals surface area (Å²) in [4.78, 5) is 21.7. The fraction of sp³-hybridized carbons (Fsp3) is 0.240. The van der Waals surface area contributed by atoms with Crippen molar-refractivity contribution in [2.45, 2.75) is 20.8 Å². The third-order valence-electron chi connectivity index (χ3n) is 4.85.